The van der Waals surface area contributed by atoms with Crippen LogP contribution in [0.25, 0.3) is 11.0 Å². The lowest BCUT2D eigenvalue weighted by molar-refractivity contribution is -0.115. The molecule has 0 aliphatic carbocycles. The number of carbonyl (C=O) groups excluding carboxylic acids is 1. The largest absolute Gasteiger partial charge is 0.356 e. The van der Waals surface area contributed by atoms with Gasteiger partial charge in [-0.15, -0.1) is 0 Å². The number of fused-ring (bicyclic) bond motifs is 1. The van der Waals surface area contributed by atoms with E-state index in [2.05, 4.69) is 10.5 Å². The highest BCUT2D eigenvalue weighted by atomic mass is 16.5. The standard InChI is InChI=1S/C17H13N3O2/c1-11-2-7-16-14(8-11)15(20-22-16)9-17(21)19-13-5-3-12(10-18)4-6-13/h2-8H,9H2,1H3,(H,19,21). The predicted molar refractivity (Wildman–Crippen MR) is 82.2 cm³/mol. The van der Waals surface area contributed by atoms with Gasteiger partial charge in [-0.3, -0.25) is 4.79 Å². The van der Waals surface area contributed by atoms with Crippen LogP contribution >= 0.6 is 0 Å². The van der Waals surface area contributed by atoms with E-state index in [0.29, 0.717) is 22.5 Å². The Kier molecular flexibility index (Phi) is 3.58. The molecule has 0 fully saturated rings. The maximum absolute atomic E-state index is 12.1. The number of rotatable bonds is 3. The molecule has 0 atom stereocenters. The summed E-state index contributed by atoms with van der Waals surface area (Å²) in [6, 6.07) is 14.5. The first-order valence-electron chi connectivity index (χ1n) is 6.80. The molecule has 108 valence electrons. The van der Waals surface area contributed by atoms with E-state index in [4.69, 9.17) is 9.78 Å². The van der Waals surface area contributed by atoms with E-state index in [-0.39, 0.29) is 12.3 Å². The quantitative estimate of drug-likeness (QED) is 0.803. The number of aryl methyl sites for hydroxylation is 1. The molecule has 0 bridgehead atoms. The number of amides is 1. The summed E-state index contributed by atoms with van der Waals surface area (Å²) in [7, 11) is 0. The molecular formula is C17H13N3O2. The Labute approximate surface area is 127 Å². The Bertz CT molecular complexity index is 873. The van der Waals surface area contributed by atoms with Gasteiger partial charge in [0.25, 0.3) is 0 Å². The lowest BCUT2D eigenvalue weighted by atomic mass is 10.1. The molecule has 1 heterocycles. The van der Waals surface area contributed by atoms with Crippen LogP contribution in [-0.4, -0.2) is 11.1 Å². The Hall–Kier alpha value is -3.13. The molecule has 0 saturated heterocycles. The number of nitrogens with one attached hydrogen (secondary N) is 1. The van der Waals surface area contributed by atoms with Gasteiger partial charge in [0.1, 0.15) is 5.69 Å². The Morgan fingerprint density at radius 2 is 2.05 bits per heavy atom. The van der Waals surface area contributed by atoms with E-state index in [9.17, 15) is 4.79 Å². The SMILES string of the molecule is Cc1ccc2onc(CC(=O)Nc3ccc(C#N)cc3)c2c1. The van der Waals surface area contributed by atoms with Crippen molar-refractivity contribution < 1.29 is 9.32 Å². The van der Waals surface area contributed by atoms with Crippen molar-refractivity contribution in [1.82, 2.24) is 5.16 Å². The average molecular weight is 291 g/mol. The van der Waals surface area contributed by atoms with Gasteiger partial charge in [0.15, 0.2) is 5.58 Å². The van der Waals surface area contributed by atoms with Crippen LogP contribution in [0.5, 0.6) is 0 Å². The van der Waals surface area contributed by atoms with Crippen LogP contribution in [0.1, 0.15) is 16.8 Å². The van der Waals surface area contributed by atoms with E-state index < -0.39 is 0 Å². The number of hydrogen-bond acceptors (Lipinski definition) is 4. The molecule has 2 aromatic carbocycles. The second kappa shape index (κ2) is 5.70. The summed E-state index contributed by atoms with van der Waals surface area (Å²) in [4.78, 5) is 12.1. The van der Waals surface area contributed by atoms with Gasteiger partial charge < -0.3 is 9.84 Å². The lowest BCUT2D eigenvalue weighted by Gasteiger charge is -2.03. The third kappa shape index (κ3) is 2.81. The van der Waals surface area contributed by atoms with Crippen molar-refractivity contribution in [3.8, 4) is 6.07 Å². The minimum atomic E-state index is -0.179. The molecule has 3 rings (SSSR count). The van der Waals surface area contributed by atoms with Gasteiger partial charge >= 0.3 is 0 Å². The summed E-state index contributed by atoms with van der Waals surface area (Å²) in [5, 5.41) is 16.4. The van der Waals surface area contributed by atoms with Gasteiger partial charge in [-0.2, -0.15) is 5.26 Å². The molecule has 1 N–H and O–H groups in total. The molecule has 22 heavy (non-hydrogen) atoms. The second-order valence-corrected chi connectivity index (χ2v) is 5.04. The molecule has 1 amide bonds. The zero-order valence-corrected chi connectivity index (χ0v) is 12.0. The minimum Gasteiger partial charge on any atom is -0.356 e. The molecule has 0 spiro atoms. The molecule has 0 aliphatic rings. The summed E-state index contributed by atoms with van der Waals surface area (Å²) in [6.45, 7) is 1.98. The van der Waals surface area contributed by atoms with Gasteiger partial charge in [-0.05, 0) is 43.3 Å². The summed E-state index contributed by atoms with van der Waals surface area (Å²) in [5.74, 6) is -0.179. The monoisotopic (exact) mass is 291 g/mol. The number of hydrogen-bond donors (Lipinski definition) is 1. The molecular weight excluding hydrogens is 278 g/mol. The van der Waals surface area contributed by atoms with E-state index in [0.717, 1.165) is 10.9 Å². The molecule has 0 aliphatic heterocycles. The van der Waals surface area contributed by atoms with Crippen LogP contribution in [0.3, 0.4) is 0 Å². The van der Waals surface area contributed by atoms with Crippen molar-refractivity contribution in [3.05, 3.63) is 59.3 Å². The van der Waals surface area contributed by atoms with Crippen LogP contribution in [-0.2, 0) is 11.2 Å². The molecule has 0 saturated carbocycles. The van der Waals surface area contributed by atoms with Crippen molar-refractivity contribution in [3.63, 3.8) is 0 Å². The van der Waals surface area contributed by atoms with Crippen LogP contribution < -0.4 is 5.32 Å². The number of benzene rings is 2. The van der Waals surface area contributed by atoms with E-state index in [1.165, 1.54) is 0 Å². The third-order valence-electron chi connectivity index (χ3n) is 3.33. The first-order valence-corrected chi connectivity index (χ1v) is 6.80. The van der Waals surface area contributed by atoms with Gasteiger partial charge in [-0.1, -0.05) is 16.8 Å². The molecule has 1 aromatic heterocycles. The summed E-state index contributed by atoms with van der Waals surface area (Å²) in [6.07, 6.45) is 0.135. The minimum absolute atomic E-state index is 0.135. The maximum Gasteiger partial charge on any atom is 0.230 e. The number of nitriles is 1. The zero-order chi connectivity index (χ0) is 15.5. The Balaban J connectivity index is 1.75. The molecule has 5 nitrogen and oxygen atoms in total. The predicted octanol–water partition coefficient (Wildman–Crippen LogP) is 3.19. The summed E-state index contributed by atoms with van der Waals surface area (Å²) < 4.78 is 5.22. The van der Waals surface area contributed by atoms with Crippen molar-refractivity contribution in [2.45, 2.75) is 13.3 Å². The van der Waals surface area contributed by atoms with E-state index in [1.54, 1.807) is 24.3 Å². The third-order valence-corrected chi connectivity index (χ3v) is 3.33. The first-order chi connectivity index (χ1) is 10.7. The topological polar surface area (TPSA) is 78.9 Å². The fraction of sp³-hybridized carbons (Fsp3) is 0.118. The van der Waals surface area contributed by atoms with Crippen LogP contribution in [0, 0.1) is 18.3 Å². The smallest absolute Gasteiger partial charge is 0.230 e. The lowest BCUT2D eigenvalue weighted by Crippen LogP contribution is -2.14. The van der Waals surface area contributed by atoms with Crippen LogP contribution in [0.4, 0.5) is 5.69 Å². The summed E-state index contributed by atoms with van der Waals surface area (Å²) in [5.41, 5.74) is 3.57. The fourth-order valence-electron chi connectivity index (χ4n) is 2.22. The first kappa shape index (κ1) is 13.8. The molecule has 0 unspecified atom stereocenters. The number of anilines is 1. The van der Waals surface area contributed by atoms with Crippen molar-refractivity contribution in [1.29, 1.82) is 5.26 Å². The fourth-order valence-corrected chi connectivity index (χ4v) is 2.22. The molecule has 5 heteroatoms. The van der Waals surface area contributed by atoms with Gasteiger partial charge in [0.2, 0.25) is 5.91 Å². The maximum atomic E-state index is 12.1. The number of carbonyl (C=O) groups is 1. The normalized spacial score (nSPS) is 10.4. The van der Waals surface area contributed by atoms with Crippen LogP contribution in [0.15, 0.2) is 47.0 Å². The molecule has 3 aromatic rings. The van der Waals surface area contributed by atoms with Gasteiger partial charge in [-0.25, -0.2) is 0 Å². The van der Waals surface area contributed by atoms with E-state index in [1.807, 2.05) is 31.2 Å². The number of aromatic nitrogens is 1. The highest BCUT2D eigenvalue weighted by Crippen LogP contribution is 2.20. The Morgan fingerprint density at radius 1 is 1.27 bits per heavy atom. The highest BCUT2D eigenvalue weighted by molar-refractivity contribution is 5.94. The van der Waals surface area contributed by atoms with Crippen molar-refractivity contribution in [2.24, 2.45) is 0 Å². The highest BCUT2D eigenvalue weighted by Gasteiger charge is 2.12. The number of nitrogens with zero attached hydrogens (tertiary/aromatic N) is 2. The Morgan fingerprint density at radius 3 is 2.77 bits per heavy atom. The van der Waals surface area contributed by atoms with Crippen molar-refractivity contribution in [2.75, 3.05) is 5.32 Å². The van der Waals surface area contributed by atoms with Crippen molar-refractivity contribution >= 4 is 22.6 Å². The van der Waals surface area contributed by atoms with Gasteiger partial charge in [0, 0.05) is 11.1 Å². The zero-order valence-electron chi connectivity index (χ0n) is 12.0. The summed E-state index contributed by atoms with van der Waals surface area (Å²) >= 11 is 0. The van der Waals surface area contributed by atoms with E-state index >= 15 is 0 Å². The average Bonchev–Trinajstić information content (AvgIpc) is 2.90. The molecule has 0 radical (unpaired) electrons. The van der Waals surface area contributed by atoms with Crippen LogP contribution in [0.2, 0.25) is 0 Å². The second-order valence-electron chi connectivity index (χ2n) is 5.04. The van der Waals surface area contributed by atoms with Gasteiger partial charge in [0.05, 0.1) is 18.1 Å².